The Morgan fingerprint density at radius 3 is 2.59 bits per heavy atom. The minimum atomic E-state index is -0.236. The number of nitrogens with one attached hydrogen (secondary N) is 2. The van der Waals surface area contributed by atoms with Gasteiger partial charge in [0.25, 0.3) is 5.91 Å². The molecule has 0 radical (unpaired) electrons. The summed E-state index contributed by atoms with van der Waals surface area (Å²) < 4.78 is 5.30. The zero-order chi connectivity index (χ0) is 19.4. The highest BCUT2D eigenvalue weighted by molar-refractivity contribution is 6.31. The molecule has 4 nitrogen and oxygen atoms in total. The van der Waals surface area contributed by atoms with Crippen molar-refractivity contribution in [3.63, 3.8) is 0 Å². The number of fused-ring (bicyclic) bond motifs is 1. The van der Waals surface area contributed by atoms with E-state index >= 15 is 0 Å². The number of benzene rings is 3. The second-order valence-electron chi connectivity index (χ2n) is 6.76. The second-order valence-corrected chi connectivity index (χ2v) is 7.20. The Balaban J connectivity index is 1.69. The Morgan fingerprint density at radius 2 is 1.85 bits per heavy atom. The molecule has 0 saturated heterocycles. The van der Waals surface area contributed by atoms with Gasteiger partial charge in [-0.05, 0) is 42.0 Å². The number of carbonyl (C=O) groups excluding carboxylic acids is 1. The van der Waals surface area contributed by atoms with Crippen LogP contribution >= 0.6 is 11.6 Å². The van der Waals surface area contributed by atoms with Gasteiger partial charge in [-0.15, -0.1) is 0 Å². The lowest BCUT2D eigenvalue weighted by Crippen LogP contribution is -3.12. The number of halogens is 1. The van der Waals surface area contributed by atoms with Gasteiger partial charge in [-0.25, -0.2) is 0 Å². The topological polar surface area (TPSA) is 42.8 Å². The average molecular weight is 384 g/mol. The Labute approximate surface area is 164 Å². The molecular formula is C22H24ClN2O2+. The molecule has 140 valence electrons. The molecule has 1 unspecified atom stereocenters. The average Bonchev–Trinajstić information content (AvgIpc) is 2.67. The molecule has 2 N–H and O–H groups in total. The monoisotopic (exact) mass is 383 g/mol. The summed E-state index contributed by atoms with van der Waals surface area (Å²) in [6, 6.07) is 19.7. The van der Waals surface area contributed by atoms with E-state index in [9.17, 15) is 4.79 Å². The number of amides is 1. The van der Waals surface area contributed by atoms with Gasteiger partial charge >= 0.3 is 0 Å². The van der Waals surface area contributed by atoms with E-state index in [2.05, 4.69) is 35.6 Å². The molecule has 3 aromatic carbocycles. The van der Waals surface area contributed by atoms with Crippen LogP contribution in [0, 0.1) is 0 Å². The van der Waals surface area contributed by atoms with Gasteiger partial charge in [0.2, 0.25) is 0 Å². The van der Waals surface area contributed by atoms with Crippen molar-refractivity contribution in [1.82, 2.24) is 0 Å². The van der Waals surface area contributed by atoms with Crippen LogP contribution in [0.3, 0.4) is 0 Å². The highest BCUT2D eigenvalue weighted by Gasteiger charge is 2.23. The van der Waals surface area contributed by atoms with Crippen molar-refractivity contribution >= 4 is 34.0 Å². The summed E-state index contributed by atoms with van der Waals surface area (Å²) >= 11 is 6.04. The smallest absolute Gasteiger partial charge is 0.282 e. The molecule has 0 saturated carbocycles. The van der Waals surface area contributed by atoms with Gasteiger partial charge in [0.15, 0.2) is 6.04 Å². The van der Waals surface area contributed by atoms with Crippen molar-refractivity contribution in [2.45, 2.75) is 19.5 Å². The number of anilines is 1. The van der Waals surface area contributed by atoms with Crippen LogP contribution in [0.5, 0.6) is 5.75 Å². The fourth-order valence-corrected chi connectivity index (χ4v) is 3.24. The van der Waals surface area contributed by atoms with Crippen molar-refractivity contribution in [2.24, 2.45) is 0 Å². The standard InChI is InChI=1S/C22H23ClN2O2/c1-15(22(26)24-20-13-19(23)10-11-21(20)27-3)25(2)14-16-8-9-17-6-4-5-7-18(17)12-16/h4-13,15H,14H2,1-3H3,(H,24,26)/p+1/t15-/m0/s1. The van der Waals surface area contributed by atoms with Gasteiger partial charge in [-0.1, -0.05) is 48.0 Å². The summed E-state index contributed by atoms with van der Waals surface area (Å²) in [5, 5.41) is 5.91. The summed E-state index contributed by atoms with van der Waals surface area (Å²) in [5.41, 5.74) is 1.78. The third-order valence-corrected chi connectivity index (χ3v) is 5.08. The highest BCUT2D eigenvalue weighted by Crippen LogP contribution is 2.27. The SMILES string of the molecule is COc1ccc(Cl)cc1NC(=O)[C@H](C)[NH+](C)Cc1ccc2ccccc2c1. The first-order valence-electron chi connectivity index (χ1n) is 8.92. The lowest BCUT2D eigenvalue weighted by molar-refractivity contribution is -0.907. The number of quaternary nitrogens is 1. The molecule has 1 amide bonds. The van der Waals surface area contributed by atoms with E-state index in [0.717, 1.165) is 11.4 Å². The maximum Gasteiger partial charge on any atom is 0.282 e. The van der Waals surface area contributed by atoms with Crippen molar-refractivity contribution in [2.75, 3.05) is 19.5 Å². The summed E-state index contributed by atoms with van der Waals surface area (Å²) in [6.45, 7) is 2.68. The first-order chi connectivity index (χ1) is 13.0. The number of hydrogen-bond acceptors (Lipinski definition) is 2. The first kappa shape index (κ1) is 19.2. The number of hydrogen-bond donors (Lipinski definition) is 2. The largest absolute Gasteiger partial charge is 0.495 e. The van der Waals surface area contributed by atoms with Gasteiger partial charge in [0, 0.05) is 10.6 Å². The maximum absolute atomic E-state index is 12.7. The number of ether oxygens (including phenoxy) is 1. The zero-order valence-electron chi connectivity index (χ0n) is 15.8. The van der Waals surface area contributed by atoms with Crippen LogP contribution in [0.25, 0.3) is 10.8 Å². The molecule has 0 aromatic heterocycles. The molecule has 0 aliphatic carbocycles. The van der Waals surface area contributed by atoms with E-state index in [4.69, 9.17) is 16.3 Å². The molecule has 3 aromatic rings. The molecule has 0 heterocycles. The highest BCUT2D eigenvalue weighted by atomic mass is 35.5. The normalized spacial score (nSPS) is 13.2. The molecule has 2 atom stereocenters. The van der Waals surface area contributed by atoms with Crippen LogP contribution in [0.2, 0.25) is 5.02 Å². The third-order valence-electron chi connectivity index (χ3n) is 4.85. The Morgan fingerprint density at radius 1 is 1.11 bits per heavy atom. The minimum Gasteiger partial charge on any atom is -0.495 e. The van der Waals surface area contributed by atoms with E-state index in [0.29, 0.717) is 16.5 Å². The number of rotatable bonds is 6. The summed E-state index contributed by atoms with van der Waals surface area (Å²) in [5.74, 6) is 0.515. The van der Waals surface area contributed by atoms with Crippen LogP contribution < -0.4 is 15.0 Å². The summed E-state index contributed by atoms with van der Waals surface area (Å²) in [6.07, 6.45) is 0. The van der Waals surface area contributed by atoms with Gasteiger partial charge < -0.3 is 15.0 Å². The van der Waals surface area contributed by atoms with Crippen molar-refractivity contribution < 1.29 is 14.4 Å². The van der Waals surface area contributed by atoms with Crippen LogP contribution in [0.4, 0.5) is 5.69 Å². The third kappa shape index (κ3) is 4.59. The fraction of sp³-hybridized carbons (Fsp3) is 0.227. The molecule has 0 spiro atoms. The van der Waals surface area contributed by atoms with Crippen LogP contribution in [-0.4, -0.2) is 26.1 Å². The van der Waals surface area contributed by atoms with Gasteiger partial charge in [0.05, 0.1) is 19.8 Å². The molecule has 3 rings (SSSR count). The number of carbonyl (C=O) groups is 1. The molecule has 5 heteroatoms. The van der Waals surface area contributed by atoms with E-state index in [-0.39, 0.29) is 11.9 Å². The van der Waals surface area contributed by atoms with Crippen molar-refractivity contribution in [3.05, 3.63) is 71.2 Å². The fourth-order valence-electron chi connectivity index (χ4n) is 3.07. The molecular weight excluding hydrogens is 360 g/mol. The summed E-state index contributed by atoms with van der Waals surface area (Å²) in [4.78, 5) is 13.8. The lowest BCUT2D eigenvalue weighted by atomic mass is 10.1. The van der Waals surface area contributed by atoms with Crippen molar-refractivity contribution in [1.29, 1.82) is 0 Å². The first-order valence-corrected chi connectivity index (χ1v) is 9.30. The number of likely N-dealkylation sites (N-methyl/N-ethyl adjacent to an activating group) is 1. The van der Waals surface area contributed by atoms with E-state index in [1.807, 2.05) is 26.1 Å². The van der Waals surface area contributed by atoms with Crippen LogP contribution in [-0.2, 0) is 11.3 Å². The molecule has 0 bridgehead atoms. The predicted molar refractivity (Wildman–Crippen MR) is 111 cm³/mol. The quantitative estimate of drug-likeness (QED) is 0.683. The molecule has 0 aliphatic rings. The van der Waals surface area contributed by atoms with Gasteiger partial charge in [0.1, 0.15) is 12.3 Å². The van der Waals surface area contributed by atoms with Gasteiger partial charge in [-0.3, -0.25) is 4.79 Å². The zero-order valence-corrected chi connectivity index (χ0v) is 16.5. The van der Waals surface area contributed by atoms with E-state index < -0.39 is 0 Å². The predicted octanol–water partition coefficient (Wildman–Crippen LogP) is 3.54. The van der Waals surface area contributed by atoms with Crippen LogP contribution in [0.15, 0.2) is 60.7 Å². The molecule has 0 aliphatic heterocycles. The van der Waals surface area contributed by atoms with E-state index in [1.54, 1.807) is 25.3 Å². The van der Waals surface area contributed by atoms with Crippen molar-refractivity contribution in [3.8, 4) is 5.75 Å². The Hall–Kier alpha value is -2.56. The summed E-state index contributed by atoms with van der Waals surface area (Å²) in [7, 11) is 3.59. The minimum absolute atomic E-state index is 0.0751. The lowest BCUT2D eigenvalue weighted by Gasteiger charge is -2.22. The molecule has 27 heavy (non-hydrogen) atoms. The van der Waals surface area contributed by atoms with E-state index in [1.165, 1.54) is 16.3 Å². The van der Waals surface area contributed by atoms with Crippen LogP contribution in [0.1, 0.15) is 12.5 Å². The Bertz CT molecular complexity index is 958. The number of methoxy groups -OCH3 is 1. The molecule has 0 fully saturated rings. The maximum atomic E-state index is 12.7. The van der Waals surface area contributed by atoms with Gasteiger partial charge in [-0.2, -0.15) is 0 Å². The second kappa shape index (κ2) is 8.42. The Kier molecular flexibility index (Phi) is 5.99.